The molecule has 8 nitrogen and oxygen atoms in total. The van der Waals surface area contributed by atoms with E-state index in [2.05, 4.69) is 27.4 Å². The maximum absolute atomic E-state index is 15.2. The Kier molecular flexibility index (Phi) is 5.83. The Balaban J connectivity index is 1.44. The molecule has 194 valence electrons. The van der Waals surface area contributed by atoms with Gasteiger partial charge >= 0.3 is 0 Å². The lowest BCUT2D eigenvalue weighted by molar-refractivity contribution is -0.136. The van der Waals surface area contributed by atoms with E-state index in [1.165, 1.54) is 24.3 Å². The number of phenols is 1. The van der Waals surface area contributed by atoms with Gasteiger partial charge in [-0.2, -0.15) is 5.26 Å². The summed E-state index contributed by atoms with van der Waals surface area (Å²) in [5.74, 6) is -0.0810. The van der Waals surface area contributed by atoms with Gasteiger partial charge in [-0.25, -0.2) is 14.4 Å². The molecule has 3 aromatic rings. The van der Waals surface area contributed by atoms with E-state index >= 15 is 4.39 Å². The lowest BCUT2D eigenvalue weighted by Crippen LogP contribution is -2.59. The number of halogens is 1. The summed E-state index contributed by atoms with van der Waals surface area (Å²) in [5, 5.41) is 21.7. The first-order valence-electron chi connectivity index (χ1n) is 12.6. The van der Waals surface area contributed by atoms with Crippen molar-refractivity contribution < 1.29 is 14.3 Å². The average molecular weight is 531 g/mol. The molecule has 1 aromatic carbocycles. The molecule has 0 aliphatic carbocycles. The standard InChI is InChI=1S/C28H27FN6O2S/c1-3-24(37)35-14-28(15-35)7-9-34(13-28)26-21(11-30)25(20-10-18(36)4-5-22(20)29)19-6-8-33(12-23(19)32-26)27-17(2)31-16-38-27/h3-5,10,16,36H,1,6-9,12-15H2,2H3. The zero-order valence-corrected chi connectivity index (χ0v) is 21.9. The number of amides is 1. The largest absolute Gasteiger partial charge is 0.508 e. The predicted octanol–water partition coefficient (Wildman–Crippen LogP) is 4.02. The molecular weight excluding hydrogens is 503 g/mol. The number of aryl methyl sites for hydroxylation is 1. The van der Waals surface area contributed by atoms with Crippen molar-refractivity contribution in [3.8, 4) is 22.9 Å². The van der Waals surface area contributed by atoms with Crippen molar-refractivity contribution in [2.75, 3.05) is 42.5 Å². The number of hydrogen-bond donors (Lipinski definition) is 1. The quantitative estimate of drug-likeness (QED) is 0.509. The highest BCUT2D eigenvalue weighted by atomic mass is 32.1. The molecule has 3 aliphatic rings. The van der Waals surface area contributed by atoms with Crippen LogP contribution in [-0.4, -0.2) is 58.6 Å². The van der Waals surface area contributed by atoms with Gasteiger partial charge in [-0.1, -0.05) is 6.58 Å². The Morgan fingerprint density at radius 1 is 1.29 bits per heavy atom. The van der Waals surface area contributed by atoms with Crippen LogP contribution in [-0.2, 0) is 17.8 Å². The fraction of sp³-hybridized carbons (Fsp3) is 0.357. The molecule has 6 rings (SSSR count). The van der Waals surface area contributed by atoms with E-state index in [9.17, 15) is 15.2 Å². The number of aromatic hydroxyl groups is 1. The maximum atomic E-state index is 15.2. The molecule has 0 saturated carbocycles. The molecule has 1 spiro atoms. The number of benzene rings is 1. The molecule has 38 heavy (non-hydrogen) atoms. The third-order valence-electron chi connectivity index (χ3n) is 7.95. The van der Waals surface area contributed by atoms with Gasteiger partial charge in [0.2, 0.25) is 5.91 Å². The van der Waals surface area contributed by atoms with Gasteiger partial charge in [-0.05, 0) is 49.6 Å². The number of nitriles is 1. The summed E-state index contributed by atoms with van der Waals surface area (Å²) >= 11 is 1.58. The van der Waals surface area contributed by atoms with Gasteiger partial charge in [0.15, 0.2) is 0 Å². The van der Waals surface area contributed by atoms with Crippen molar-refractivity contribution in [1.82, 2.24) is 14.9 Å². The lowest BCUT2D eigenvalue weighted by atomic mass is 9.79. The van der Waals surface area contributed by atoms with Crippen LogP contribution in [0, 0.1) is 29.5 Å². The van der Waals surface area contributed by atoms with Gasteiger partial charge < -0.3 is 19.8 Å². The van der Waals surface area contributed by atoms with Gasteiger partial charge in [0.25, 0.3) is 0 Å². The van der Waals surface area contributed by atoms with Gasteiger partial charge in [0.1, 0.15) is 34.0 Å². The van der Waals surface area contributed by atoms with Gasteiger partial charge in [0, 0.05) is 49.3 Å². The van der Waals surface area contributed by atoms with E-state index in [1.54, 1.807) is 16.2 Å². The number of thiazole rings is 1. The molecule has 3 aliphatic heterocycles. The summed E-state index contributed by atoms with van der Waals surface area (Å²) < 4.78 is 15.2. The molecular formula is C28H27FN6O2S. The number of phenolic OH excluding ortho intramolecular Hbond substituents is 1. The van der Waals surface area contributed by atoms with Crippen molar-refractivity contribution >= 4 is 28.1 Å². The van der Waals surface area contributed by atoms with Crippen LogP contribution in [0.2, 0.25) is 0 Å². The number of nitrogens with zero attached hydrogens (tertiary/aromatic N) is 6. The summed E-state index contributed by atoms with van der Waals surface area (Å²) in [6.45, 7) is 9.42. The highest BCUT2D eigenvalue weighted by Crippen LogP contribution is 2.45. The summed E-state index contributed by atoms with van der Waals surface area (Å²) in [4.78, 5) is 27.6. The summed E-state index contributed by atoms with van der Waals surface area (Å²) in [6.07, 6.45) is 2.80. The topological polar surface area (TPSA) is 96.6 Å². The SMILES string of the molecule is C=CC(=O)N1CC2(CCN(c3nc4c(c(-c5cc(O)ccc5F)c3C#N)CCN(c3scnc3C)C4)C2)C1. The molecule has 2 saturated heterocycles. The number of fused-ring (bicyclic) bond motifs is 1. The van der Waals surface area contributed by atoms with E-state index in [0.29, 0.717) is 62.6 Å². The number of carbonyl (C=O) groups is 1. The highest BCUT2D eigenvalue weighted by molar-refractivity contribution is 7.14. The van der Waals surface area contributed by atoms with Crippen molar-refractivity contribution in [1.29, 1.82) is 5.26 Å². The van der Waals surface area contributed by atoms with E-state index in [1.807, 2.05) is 12.4 Å². The number of rotatable bonds is 4. The molecule has 10 heteroatoms. The van der Waals surface area contributed by atoms with Gasteiger partial charge in [-0.3, -0.25) is 4.79 Å². The van der Waals surface area contributed by atoms with Crippen LogP contribution >= 0.6 is 11.3 Å². The minimum atomic E-state index is -0.491. The van der Waals surface area contributed by atoms with E-state index in [4.69, 9.17) is 4.98 Å². The third-order valence-corrected chi connectivity index (χ3v) is 8.94. The molecule has 5 heterocycles. The second-order valence-electron chi connectivity index (χ2n) is 10.4. The first-order chi connectivity index (χ1) is 18.3. The normalized spacial score (nSPS) is 17.8. The molecule has 2 fully saturated rings. The third kappa shape index (κ3) is 3.89. The molecule has 0 unspecified atom stereocenters. The zero-order chi connectivity index (χ0) is 26.6. The van der Waals surface area contributed by atoms with Crippen LogP contribution in [0.25, 0.3) is 11.1 Å². The maximum Gasteiger partial charge on any atom is 0.245 e. The number of pyridine rings is 1. The fourth-order valence-corrected chi connectivity index (χ4v) is 6.94. The second kappa shape index (κ2) is 9.10. The lowest BCUT2D eigenvalue weighted by Gasteiger charge is -2.47. The molecule has 0 atom stereocenters. The van der Waals surface area contributed by atoms with Crippen molar-refractivity contribution in [3.05, 3.63) is 64.7 Å². The molecule has 1 amide bonds. The minimum absolute atomic E-state index is 0.0504. The van der Waals surface area contributed by atoms with Crippen LogP contribution in [0.5, 0.6) is 5.75 Å². The van der Waals surface area contributed by atoms with Crippen molar-refractivity contribution in [2.24, 2.45) is 5.41 Å². The molecule has 1 N–H and O–H groups in total. The zero-order valence-electron chi connectivity index (χ0n) is 21.1. The Morgan fingerprint density at radius 3 is 2.82 bits per heavy atom. The first-order valence-corrected chi connectivity index (χ1v) is 13.5. The van der Waals surface area contributed by atoms with Crippen LogP contribution in [0.3, 0.4) is 0 Å². The van der Waals surface area contributed by atoms with E-state index in [-0.39, 0.29) is 22.6 Å². The molecule has 2 aromatic heterocycles. The van der Waals surface area contributed by atoms with Crippen LogP contribution in [0.1, 0.15) is 28.9 Å². The van der Waals surface area contributed by atoms with Crippen molar-refractivity contribution in [2.45, 2.75) is 26.3 Å². The molecule has 0 radical (unpaired) electrons. The summed E-state index contributed by atoms with van der Waals surface area (Å²) in [6, 6.07) is 6.27. The highest BCUT2D eigenvalue weighted by Gasteiger charge is 2.49. The van der Waals surface area contributed by atoms with Gasteiger partial charge in [-0.15, -0.1) is 11.3 Å². The number of carbonyl (C=O) groups excluding carboxylic acids is 1. The fourth-order valence-electron chi connectivity index (χ4n) is 6.10. The number of anilines is 2. The minimum Gasteiger partial charge on any atom is -0.508 e. The number of aromatic nitrogens is 2. The Morgan fingerprint density at radius 2 is 2.11 bits per heavy atom. The van der Waals surface area contributed by atoms with Gasteiger partial charge in [0.05, 0.1) is 23.4 Å². The smallest absolute Gasteiger partial charge is 0.245 e. The average Bonchev–Trinajstić information content (AvgIpc) is 3.54. The Hall–Kier alpha value is -3.97. The second-order valence-corrected chi connectivity index (χ2v) is 11.2. The van der Waals surface area contributed by atoms with Crippen LogP contribution in [0.15, 0.2) is 36.4 Å². The van der Waals surface area contributed by atoms with E-state index < -0.39 is 5.82 Å². The van der Waals surface area contributed by atoms with Crippen molar-refractivity contribution in [3.63, 3.8) is 0 Å². The van der Waals surface area contributed by atoms with E-state index in [0.717, 1.165) is 28.4 Å². The van der Waals surface area contributed by atoms with Crippen LogP contribution in [0.4, 0.5) is 15.2 Å². The number of hydrogen-bond acceptors (Lipinski definition) is 8. The Bertz CT molecular complexity index is 1510. The summed E-state index contributed by atoms with van der Waals surface area (Å²) in [5.41, 5.74) is 5.42. The van der Waals surface area contributed by atoms with Crippen LogP contribution < -0.4 is 9.80 Å². The first kappa shape index (κ1) is 24.4. The Labute approximate surface area is 224 Å². The monoisotopic (exact) mass is 530 g/mol. The summed E-state index contributed by atoms with van der Waals surface area (Å²) in [7, 11) is 0. The number of likely N-dealkylation sites (tertiary alicyclic amines) is 1. The molecule has 0 bridgehead atoms. The predicted molar refractivity (Wildman–Crippen MR) is 144 cm³/mol.